The van der Waals surface area contributed by atoms with Crippen molar-refractivity contribution in [1.29, 1.82) is 0 Å². The lowest BCUT2D eigenvalue weighted by atomic mass is 9.83. The largest absolute Gasteiger partial charge is 0.495 e. The highest BCUT2D eigenvalue weighted by molar-refractivity contribution is 6.35. The highest BCUT2D eigenvalue weighted by Crippen LogP contribution is 2.49. The van der Waals surface area contributed by atoms with Crippen molar-refractivity contribution in [2.45, 2.75) is 102 Å². The van der Waals surface area contributed by atoms with E-state index in [1.54, 1.807) is 59.0 Å². The summed E-state index contributed by atoms with van der Waals surface area (Å²) in [4.78, 5) is 42.0. The summed E-state index contributed by atoms with van der Waals surface area (Å²) in [5.74, 6) is -3.94. The highest BCUT2D eigenvalue weighted by atomic mass is 35.5. The van der Waals surface area contributed by atoms with E-state index in [1.807, 2.05) is 13.0 Å². The van der Waals surface area contributed by atoms with Crippen LogP contribution in [0.5, 0.6) is 5.75 Å². The standard InChI is InChI=1S/C40H50ClF2N3O9/c1-20-10-9-11-32(52-8)40(50)19-31(53-38(49)45-40)23(4)37-39(5,55-37)33(18-34(47)46(6)29-14-24(12-20)15-30(51-7)36(29)41)54-35(48)13-21(2)22(3)25-16-27(43)28(44)17-26(25)42/h9-11,14-17,21-23,31-33,37,50H,12-13,18-19,44H2,1-8H3,(H,45,49)/b11-9+,20-10+/t21?,22-,23+,31-,32+,33-,37-,39-,40-/m0/s1. The number of benzene rings is 2. The molecule has 2 aromatic carbocycles. The van der Waals surface area contributed by atoms with Gasteiger partial charge in [0.05, 0.1) is 31.0 Å². The zero-order valence-corrected chi connectivity index (χ0v) is 33.0. The Morgan fingerprint density at radius 3 is 2.56 bits per heavy atom. The lowest BCUT2D eigenvalue weighted by Crippen LogP contribution is -2.63. The van der Waals surface area contributed by atoms with Gasteiger partial charge in [0, 0.05) is 39.0 Å². The molecule has 0 saturated carbocycles. The smallest absolute Gasteiger partial charge is 0.409 e. The normalized spacial score (nSPS) is 31.2. The SMILES string of the molecule is COc1cc2cc(c1Cl)N(C)C(=O)C[C@H](OC(=O)CC(C)[C@H](C)c1cc(F)c(N)cc1F)[C@]1(C)O[C@H]1[C@H](C)[C@@H]1C[C@@](O)(NC(=O)O1)[C@H](OC)/C=C/C=C(\C)C2. The Morgan fingerprint density at radius 2 is 1.89 bits per heavy atom. The first kappa shape index (κ1) is 41.9. The maximum Gasteiger partial charge on any atom is 0.409 e. The van der Waals surface area contributed by atoms with Crippen LogP contribution in [0.25, 0.3) is 0 Å². The molecule has 2 saturated heterocycles. The molecule has 4 bridgehead atoms. The molecule has 2 aromatic rings. The van der Waals surface area contributed by atoms with E-state index in [0.29, 0.717) is 17.9 Å². The van der Waals surface area contributed by atoms with E-state index in [2.05, 4.69) is 5.32 Å². The average Bonchev–Trinajstić information content (AvgIpc) is 3.82. The Labute approximate surface area is 324 Å². The van der Waals surface area contributed by atoms with Crippen LogP contribution >= 0.6 is 11.6 Å². The van der Waals surface area contributed by atoms with Crippen molar-refractivity contribution in [3.63, 3.8) is 0 Å². The van der Waals surface area contributed by atoms with Gasteiger partial charge in [0.15, 0.2) is 5.72 Å². The molecule has 4 N–H and O–H groups in total. The molecule has 9 atom stereocenters. The van der Waals surface area contributed by atoms with Crippen LogP contribution in [0.4, 0.5) is 25.0 Å². The van der Waals surface area contributed by atoms with Crippen LogP contribution in [0.3, 0.4) is 0 Å². The van der Waals surface area contributed by atoms with Gasteiger partial charge >= 0.3 is 12.1 Å². The summed E-state index contributed by atoms with van der Waals surface area (Å²) in [5.41, 5.74) is 4.24. The van der Waals surface area contributed by atoms with Crippen molar-refractivity contribution in [3.05, 3.63) is 75.9 Å². The quantitative estimate of drug-likeness (QED) is 0.164. The Kier molecular flexibility index (Phi) is 12.5. The molecular formula is C40H50ClF2N3O9. The van der Waals surface area contributed by atoms with Gasteiger partial charge in [-0.1, -0.05) is 56.2 Å². The number of rotatable bonds is 7. The van der Waals surface area contributed by atoms with Gasteiger partial charge in [-0.25, -0.2) is 13.6 Å². The molecule has 2 amide bonds. The number of hydrogen-bond acceptors (Lipinski definition) is 10. The number of methoxy groups -OCH3 is 2. The molecule has 3 aliphatic heterocycles. The lowest BCUT2D eigenvalue weighted by molar-refractivity contribution is -0.155. The summed E-state index contributed by atoms with van der Waals surface area (Å²) >= 11 is 6.75. The summed E-state index contributed by atoms with van der Waals surface area (Å²) in [5, 5.41) is 14.4. The maximum atomic E-state index is 14.8. The molecular weight excluding hydrogens is 740 g/mol. The third kappa shape index (κ3) is 8.93. The highest BCUT2D eigenvalue weighted by Gasteiger charge is 2.64. The van der Waals surface area contributed by atoms with Crippen molar-refractivity contribution < 1.29 is 52.0 Å². The van der Waals surface area contributed by atoms with Crippen molar-refractivity contribution in [3.8, 4) is 5.75 Å². The van der Waals surface area contributed by atoms with E-state index in [1.165, 1.54) is 19.1 Å². The van der Waals surface area contributed by atoms with Crippen molar-refractivity contribution in [2.24, 2.45) is 11.8 Å². The molecule has 55 heavy (non-hydrogen) atoms. The fourth-order valence-corrected chi connectivity index (χ4v) is 7.80. The summed E-state index contributed by atoms with van der Waals surface area (Å²) in [7, 11) is 4.44. The number of ether oxygens (including phenoxy) is 5. The minimum atomic E-state index is -1.85. The third-order valence-electron chi connectivity index (χ3n) is 11.2. The van der Waals surface area contributed by atoms with Crippen molar-refractivity contribution >= 4 is 40.9 Å². The van der Waals surface area contributed by atoms with Gasteiger partial charge in [0.2, 0.25) is 5.91 Å². The first-order valence-corrected chi connectivity index (χ1v) is 18.5. The summed E-state index contributed by atoms with van der Waals surface area (Å²) < 4.78 is 58.2. The molecule has 5 rings (SSSR count). The van der Waals surface area contributed by atoms with E-state index in [9.17, 15) is 28.3 Å². The van der Waals surface area contributed by atoms with Crippen LogP contribution in [0, 0.1) is 23.5 Å². The van der Waals surface area contributed by atoms with Gasteiger partial charge < -0.3 is 39.4 Å². The van der Waals surface area contributed by atoms with E-state index in [-0.39, 0.29) is 35.5 Å². The molecule has 3 aliphatic rings. The van der Waals surface area contributed by atoms with E-state index in [0.717, 1.165) is 23.3 Å². The van der Waals surface area contributed by atoms with Crippen LogP contribution in [-0.4, -0.2) is 80.1 Å². The fourth-order valence-electron chi connectivity index (χ4n) is 7.48. The molecule has 15 heteroatoms. The van der Waals surface area contributed by atoms with Gasteiger partial charge in [0.25, 0.3) is 0 Å². The molecule has 0 radical (unpaired) electrons. The van der Waals surface area contributed by atoms with Crippen LogP contribution < -0.4 is 20.7 Å². The molecule has 0 aromatic heterocycles. The van der Waals surface area contributed by atoms with Crippen molar-refractivity contribution in [2.75, 3.05) is 31.9 Å². The number of epoxide rings is 1. The topological polar surface area (TPSA) is 162 Å². The first-order valence-electron chi connectivity index (χ1n) is 18.1. The molecule has 0 spiro atoms. The summed E-state index contributed by atoms with van der Waals surface area (Å²) in [6.07, 6.45) is 0.507. The second-order valence-electron chi connectivity index (χ2n) is 15.1. The third-order valence-corrected chi connectivity index (χ3v) is 11.6. The fraction of sp³-hybridized carbons (Fsp3) is 0.525. The number of fused-ring (bicyclic) bond motifs is 5. The number of allylic oxidation sites excluding steroid dienone is 3. The van der Waals surface area contributed by atoms with Gasteiger partial charge in [-0.05, 0) is 61.4 Å². The van der Waals surface area contributed by atoms with Crippen LogP contribution in [-0.2, 0) is 35.0 Å². The molecule has 1 unspecified atom stereocenters. The summed E-state index contributed by atoms with van der Waals surface area (Å²) in [6, 6.07) is 5.48. The van der Waals surface area contributed by atoms with Crippen LogP contribution in [0.15, 0.2) is 48.1 Å². The number of anilines is 2. The monoisotopic (exact) mass is 789 g/mol. The second kappa shape index (κ2) is 16.5. The van der Waals surface area contributed by atoms with Gasteiger partial charge in [-0.2, -0.15) is 0 Å². The number of amides is 2. The number of nitrogens with zero attached hydrogens (tertiary/aromatic N) is 1. The Hall–Kier alpha value is -4.24. The Morgan fingerprint density at radius 1 is 1.18 bits per heavy atom. The van der Waals surface area contributed by atoms with Gasteiger partial charge in [-0.15, -0.1) is 0 Å². The van der Waals surface area contributed by atoms with E-state index in [4.69, 9.17) is 41.0 Å². The number of halogens is 3. The Balaban J connectivity index is 1.50. The van der Waals surface area contributed by atoms with E-state index < -0.39 is 83.1 Å². The van der Waals surface area contributed by atoms with Gasteiger partial charge in [-0.3, -0.25) is 14.9 Å². The number of nitrogens with two attached hydrogens (primary N) is 1. The first-order chi connectivity index (χ1) is 25.8. The van der Waals surface area contributed by atoms with Crippen LogP contribution in [0.1, 0.15) is 70.9 Å². The Bertz CT molecular complexity index is 1880. The maximum absolute atomic E-state index is 14.8. The average molecular weight is 790 g/mol. The molecule has 300 valence electrons. The molecule has 12 nitrogen and oxygen atoms in total. The molecule has 2 fully saturated rings. The number of aliphatic hydroxyl groups is 1. The lowest BCUT2D eigenvalue weighted by Gasteiger charge is -2.42. The number of hydrogen-bond donors (Lipinski definition) is 3. The molecule has 0 aliphatic carbocycles. The van der Waals surface area contributed by atoms with Crippen molar-refractivity contribution in [1.82, 2.24) is 5.32 Å². The number of carbonyl (C=O) groups excluding carboxylic acids is 3. The minimum absolute atomic E-state index is 0.0602. The number of carbonyl (C=O) groups is 3. The predicted octanol–water partition coefficient (Wildman–Crippen LogP) is 6.36. The number of esters is 1. The second-order valence-corrected chi connectivity index (χ2v) is 15.5. The summed E-state index contributed by atoms with van der Waals surface area (Å²) in [6.45, 7) is 8.76. The molecule has 3 heterocycles. The zero-order chi connectivity index (χ0) is 40.6. The predicted molar refractivity (Wildman–Crippen MR) is 202 cm³/mol. The number of alkyl carbamates (subject to hydrolysis) is 1. The number of nitrogens with one attached hydrogen (secondary N) is 1. The zero-order valence-electron chi connectivity index (χ0n) is 32.3. The van der Waals surface area contributed by atoms with E-state index >= 15 is 0 Å². The van der Waals surface area contributed by atoms with Gasteiger partial charge in [0.1, 0.15) is 46.3 Å². The minimum Gasteiger partial charge on any atom is -0.495 e. The number of nitrogen functional groups attached to an aromatic ring is 1. The van der Waals surface area contributed by atoms with Crippen LogP contribution in [0.2, 0.25) is 5.02 Å².